The van der Waals surface area contributed by atoms with Gasteiger partial charge in [0, 0.05) is 29.2 Å². The van der Waals surface area contributed by atoms with Crippen molar-refractivity contribution in [3.63, 3.8) is 0 Å². The first kappa shape index (κ1) is 22.5. The molecule has 1 aromatic heterocycles. The Morgan fingerprint density at radius 1 is 0.909 bits per heavy atom. The Balaban J connectivity index is 1.46. The SMILES string of the molecule is CC1CCC(NC(=O)c2cccn(-c3ccc(NC(=O)c4ccc(F)cc4)cc3)c2=O)CC1. The van der Waals surface area contributed by atoms with Crippen LogP contribution in [0.25, 0.3) is 5.69 Å². The maximum absolute atomic E-state index is 13.0. The Hall–Kier alpha value is -3.74. The van der Waals surface area contributed by atoms with Gasteiger partial charge in [0.25, 0.3) is 17.4 Å². The van der Waals surface area contributed by atoms with E-state index in [-0.39, 0.29) is 23.4 Å². The zero-order chi connectivity index (χ0) is 23.4. The summed E-state index contributed by atoms with van der Waals surface area (Å²) in [5, 5.41) is 5.74. The molecule has 1 saturated carbocycles. The second-order valence-electron chi connectivity index (χ2n) is 8.54. The van der Waals surface area contributed by atoms with Crippen LogP contribution in [0.5, 0.6) is 0 Å². The molecule has 170 valence electrons. The number of benzene rings is 2. The van der Waals surface area contributed by atoms with Crippen LogP contribution in [0.2, 0.25) is 0 Å². The van der Waals surface area contributed by atoms with E-state index in [0.717, 1.165) is 25.7 Å². The van der Waals surface area contributed by atoms with Gasteiger partial charge >= 0.3 is 0 Å². The predicted molar refractivity (Wildman–Crippen MR) is 125 cm³/mol. The van der Waals surface area contributed by atoms with Gasteiger partial charge in [-0.15, -0.1) is 0 Å². The molecule has 1 fully saturated rings. The predicted octanol–water partition coefficient (Wildman–Crippen LogP) is 4.54. The summed E-state index contributed by atoms with van der Waals surface area (Å²) >= 11 is 0. The second kappa shape index (κ2) is 9.81. The summed E-state index contributed by atoms with van der Waals surface area (Å²) in [5.41, 5.74) is 1.14. The minimum Gasteiger partial charge on any atom is -0.349 e. The number of hydrogen-bond donors (Lipinski definition) is 2. The van der Waals surface area contributed by atoms with E-state index in [0.29, 0.717) is 22.9 Å². The molecule has 2 amide bonds. The van der Waals surface area contributed by atoms with Gasteiger partial charge in [0.05, 0.1) is 0 Å². The monoisotopic (exact) mass is 447 g/mol. The lowest BCUT2D eigenvalue weighted by Crippen LogP contribution is -2.40. The molecule has 0 radical (unpaired) electrons. The zero-order valence-corrected chi connectivity index (χ0v) is 18.4. The Labute approximate surface area is 191 Å². The molecule has 1 aliphatic rings. The lowest BCUT2D eigenvalue weighted by atomic mass is 9.87. The molecule has 4 rings (SSSR count). The molecule has 1 heterocycles. The van der Waals surface area contributed by atoms with Crippen molar-refractivity contribution in [2.75, 3.05) is 5.32 Å². The average molecular weight is 448 g/mol. The third kappa shape index (κ3) is 5.37. The third-order valence-electron chi connectivity index (χ3n) is 6.05. The molecule has 3 aromatic rings. The van der Waals surface area contributed by atoms with Gasteiger partial charge in [-0.2, -0.15) is 0 Å². The Morgan fingerprint density at radius 2 is 1.58 bits per heavy atom. The number of carbonyl (C=O) groups excluding carboxylic acids is 2. The molecule has 33 heavy (non-hydrogen) atoms. The number of rotatable bonds is 5. The molecule has 0 saturated heterocycles. The number of carbonyl (C=O) groups is 2. The van der Waals surface area contributed by atoms with Gasteiger partial charge in [-0.05, 0) is 92.3 Å². The summed E-state index contributed by atoms with van der Waals surface area (Å²) in [6, 6.07) is 15.3. The zero-order valence-electron chi connectivity index (χ0n) is 18.4. The first-order chi connectivity index (χ1) is 15.9. The lowest BCUT2D eigenvalue weighted by molar-refractivity contribution is 0.0920. The minimum atomic E-state index is -0.411. The average Bonchev–Trinajstić information content (AvgIpc) is 2.82. The van der Waals surface area contributed by atoms with Crippen molar-refractivity contribution in [1.82, 2.24) is 9.88 Å². The molecule has 0 atom stereocenters. The minimum absolute atomic E-state index is 0.102. The Morgan fingerprint density at radius 3 is 2.24 bits per heavy atom. The normalized spacial score (nSPS) is 17.9. The van der Waals surface area contributed by atoms with Crippen LogP contribution in [0.15, 0.2) is 71.7 Å². The van der Waals surface area contributed by atoms with Gasteiger partial charge in [-0.3, -0.25) is 19.0 Å². The molecular weight excluding hydrogens is 421 g/mol. The maximum Gasteiger partial charge on any atom is 0.267 e. The molecule has 0 bridgehead atoms. The van der Waals surface area contributed by atoms with Gasteiger partial charge in [-0.25, -0.2) is 4.39 Å². The van der Waals surface area contributed by atoms with Crippen LogP contribution < -0.4 is 16.2 Å². The summed E-state index contributed by atoms with van der Waals surface area (Å²) in [6.45, 7) is 2.22. The molecular formula is C26H26FN3O3. The quantitative estimate of drug-likeness (QED) is 0.603. The van der Waals surface area contributed by atoms with E-state index in [1.807, 2.05) is 0 Å². The molecule has 2 aromatic carbocycles. The largest absolute Gasteiger partial charge is 0.349 e. The molecule has 0 unspecified atom stereocenters. The fourth-order valence-electron chi connectivity index (χ4n) is 4.05. The van der Waals surface area contributed by atoms with Gasteiger partial charge in [0.2, 0.25) is 0 Å². The summed E-state index contributed by atoms with van der Waals surface area (Å²) < 4.78 is 14.4. The van der Waals surface area contributed by atoms with Crippen LogP contribution in [0, 0.1) is 11.7 Å². The topological polar surface area (TPSA) is 80.2 Å². The van der Waals surface area contributed by atoms with Gasteiger partial charge in [0.1, 0.15) is 11.4 Å². The summed E-state index contributed by atoms with van der Waals surface area (Å²) in [7, 11) is 0. The molecule has 6 nitrogen and oxygen atoms in total. The number of anilines is 1. The van der Waals surface area contributed by atoms with E-state index in [4.69, 9.17) is 0 Å². The van der Waals surface area contributed by atoms with Crippen molar-refractivity contribution >= 4 is 17.5 Å². The summed E-state index contributed by atoms with van der Waals surface area (Å²) in [5.74, 6) is -0.450. The summed E-state index contributed by atoms with van der Waals surface area (Å²) in [6.07, 6.45) is 5.62. The van der Waals surface area contributed by atoms with E-state index >= 15 is 0 Å². The van der Waals surface area contributed by atoms with Crippen LogP contribution >= 0.6 is 0 Å². The van der Waals surface area contributed by atoms with Crippen molar-refractivity contribution < 1.29 is 14.0 Å². The maximum atomic E-state index is 13.0. The number of amides is 2. The van der Waals surface area contributed by atoms with Crippen LogP contribution in [0.3, 0.4) is 0 Å². The van der Waals surface area contributed by atoms with E-state index in [2.05, 4.69) is 17.6 Å². The Bertz CT molecular complexity index is 1190. The molecule has 2 N–H and O–H groups in total. The van der Waals surface area contributed by atoms with Crippen LogP contribution in [-0.2, 0) is 0 Å². The number of nitrogens with one attached hydrogen (secondary N) is 2. The van der Waals surface area contributed by atoms with Crippen LogP contribution in [0.4, 0.5) is 10.1 Å². The molecule has 0 spiro atoms. The van der Waals surface area contributed by atoms with E-state index in [1.54, 1.807) is 36.5 Å². The van der Waals surface area contributed by atoms with E-state index in [9.17, 15) is 18.8 Å². The lowest BCUT2D eigenvalue weighted by Gasteiger charge is -2.26. The molecule has 1 aliphatic carbocycles. The van der Waals surface area contributed by atoms with E-state index in [1.165, 1.54) is 34.9 Å². The first-order valence-electron chi connectivity index (χ1n) is 11.1. The highest BCUT2D eigenvalue weighted by atomic mass is 19.1. The Kier molecular flexibility index (Phi) is 6.68. The highest BCUT2D eigenvalue weighted by molar-refractivity contribution is 6.04. The number of halogens is 1. The van der Waals surface area contributed by atoms with Crippen LogP contribution in [0.1, 0.15) is 53.3 Å². The fourth-order valence-corrected chi connectivity index (χ4v) is 4.05. The highest BCUT2D eigenvalue weighted by Crippen LogP contribution is 2.23. The van der Waals surface area contributed by atoms with Crippen molar-refractivity contribution in [3.05, 3.63) is 94.2 Å². The molecule has 7 heteroatoms. The fraction of sp³-hybridized carbons (Fsp3) is 0.269. The number of pyridine rings is 1. The van der Waals surface area contributed by atoms with Gasteiger partial charge < -0.3 is 10.6 Å². The van der Waals surface area contributed by atoms with Crippen molar-refractivity contribution in [2.45, 2.75) is 38.6 Å². The van der Waals surface area contributed by atoms with Gasteiger partial charge in [0.15, 0.2) is 0 Å². The summed E-state index contributed by atoms with van der Waals surface area (Å²) in [4.78, 5) is 38.0. The smallest absolute Gasteiger partial charge is 0.267 e. The van der Waals surface area contributed by atoms with Crippen molar-refractivity contribution in [2.24, 2.45) is 5.92 Å². The second-order valence-corrected chi connectivity index (χ2v) is 8.54. The van der Waals surface area contributed by atoms with Gasteiger partial charge in [-0.1, -0.05) is 6.92 Å². The number of hydrogen-bond acceptors (Lipinski definition) is 3. The number of nitrogens with zero attached hydrogens (tertiary/aromatic N) is 1. The third-order valence-corrected chi connectivity index (χ3v) is 6.05. The first-order valence-corrected chi connectivity index (χ1v) is 11.1. The van der Waals surface area contributed by atoms with Crippen molar-refractivity contribution in [1.29, 1.82) is 0 Å². The van der Waals surface area contributed by atoms with Crippen LogP contribution in [-0.4, -0.2) is 22.4 Å². The van der Waals surface area contributed by atoms with Crippen molar-refractivity contribution in [3.8, 4) is 5.69 Å². The standard InChI is InChI=1S/C26H26FN3O3/c1-17-4-10-20(11-5-17)29-25(32)23-3-2-16-30(26(23)33)22-14-12-21(13-15-22)28-24(31)18-6-8-19(27)9-7-18/h2-3,6-9,12-17,20H,4-5,10-11H2,1H3,(H,28,31)(H,29,32). The van der Waals surface area contributed by atoms with E-state index < -0.39 is 11.4 Å². The highest BCUT2D eigenvalue weighted by Gasteiger charge is 2.22. The number of aromatic nitrogens is 1. The molecule has 0 aliphatic heterocycles.